The minimum absolute atomic E-state index is 0.0491. The van der Waals surface area contributed by atoms with Crippen LogP contribution in [0.5, 0.6) is 5.75 Å². The number of nitrogens with zero attached hydrogens (tertiary/aromatic N) is 2. The topological polar surface area (TPSA) is 96.0 Å². The van der Waals surface area contributed by atoms with Crippen LogP contribution in [0.1, 0.15) is 50.3 Å². The van der Waals surface area contributed by atoms with Crippen LogP contribution in [-0.2, 0) is 26.2 Å². The molecule has 198 valence electrons. The monoisotopic (exact) mass is 517 g/mol. The fourth-order valence-corrected chi connectivity index (χ4v) is 4.79. The van der Waals surface area contributed by atoms with Gasteiger partial charge in [-0.2, -0.15) is 0 Å². The highest BCUT2D eigenvalue weighted by atomic mass is 32.2. The van der Waals surface area contributed by atoms with E-state index in [2.05, 4.69) is 5.32 Å². The lowest BCUT2D eigenvalue weighted by Gasteiger charge is -2.33. The number of sulfonamides is 1. The van der Waals surface area contributed by atoms with E-state index in [0.717, 1.165) is 33.7 Å². The van der Waals surface area contributed by atoms with Crippen molar-refractivity contribution < 1.29 is 22.7 Å². The predicted molar refractivity (Wildman–Crippen MR) is 144 cm³/mol. The molecule has 0 bridgehead atoms. The van der Waals surface area contributed by atoms with Crippen molar-refractivity contribution in [1.82, 2.24) is 10.2 Å². The molecular weight excluding hydrogens is 478 g/mol. The van der Waals surface area contributed by atoms with Gasteiger partial charge in [-0.25, -0.2) is 8.42 Å². The highest BCUT2D eigenvalue weighted by molar-refractivity contribution is 7.92. The van der Waals surface area contributed by atoms with Gasteiger partial charge in [-0.3, -0.25) is 13.9 Å². The van der Waals surface area contributed by atoms with E-state index in [1.165, 1.54) is 4.90 Å². The SMILES string of the molecule is CC[C@H](C)NC(=O)[C@H](CC)N(Cc1ccc(OC)cc1)C(=O)CN(c1cccc(C)c1C)S(C)(=O)=O. The Labute approximate surface area is 215 Å². The van der Waals surface area contributed by atoms with Crippen molar-refractivity contribution in [2.45, 2.75) is 66.1 Å². The maximum absolute atomic E-state index is 13.8. The number of nitrogens with one attached hydrogen (secondary N) is 1. The van der Waals surface area contributed by atoms with Gasteiger partial charge in [0.05, 0.1) is 19.1 Å². The van der Waals surface area contributed by atoms with Gasteiger partial charge in [-0.1, -0.05) is 38.1 Å². The third-order valence-electron chi connectivity index (χ3n) is 6.42. The molecule has 1 N–H and O–H groups in total. The minimum Gasteiger partial charge on any atom is -0.497 e. The Balaban J connectivity index is 2.48. The summed E-state index contributed by atoms with van der Waals surface area (Å²) in [5, 5.41) is 2.97. The van der Waals surface area contributed by atoms with Gasteiger partial charge < -0.3 is 15.0 Å². The normalized spacial score (nSPS) is 13.0. The summed E-state index contributed by atoms with van der Waals surface area (Å²) < 4.78 is 32.0. The number of carbonyl (C=O) groups excluding carboxylic acids is 2. The number of anilines is 1. The summed E-state index contributed by atoms with van der Waals surface area (Å²) in [6.07, 6.45) is 2.22. The Bertz CT molecular complexity index is 1150. The van der Waals surface area contributed by atoms with Gasteiger partial charge in [-0.05, 0) is 68.5 Å². The van der Waals surface area contributed by atoms with Crippen molar-refractivity contribution in [3.8, 4) is 5.75 Å². The van der Waals surface area contributed by atoms with Crippen LogP contribution in [0.3, 0.4) is 0 Å². The molecule has 36 heavy (non-hydrogen) atoms. The third-order valence-corrected chi connectivity index (χ3v) is 7.55. The molecule has 0 heterocycles. The van der Waals surface area contributed by atoms with Gasteiger partial charge in [0.2, 0.25) is 21.8 Å². The van der Waals surface area contributed by atoms with Gasteiger partial charge >= 0.3 is 0 Å². The lowest BCUT2D eigenvalue weighted by Crippen LogP contribution is -2.53. The second-order valence-electron chi connectivity index (χ2n) is 9.10. The first kappa shape index (κ1) is 29.2. The summed E-state index contributed by atoms with van der Waals surface area (Å²) in [5.74, 6) is -0.0361. The number of methoxy groups -OCH3 is 1. The van der Waals surface area contributed by atoms with Crippen molar-refractivity contribution >= 4 is 27.5 Å². The summed E-state index contributed by atoms with van der Waals surface area (Å²) >= 11 is 0. The number of ether oxygens (including phenoxy) is 1. The summed E-state index contributed by atoms with van der Waals surface area (Å²) in [5.41, 5.74) is 2.95. The highest BCUT2D eigenvalue weighted by Gasteiger charge is 2.32. The highest BCUT2D eigenvalue weighted by Crippen LogP contribution is 2.26. The number of hydrogen-bond acceptors (Lipinski definition) is 5. The van der Waals surface area contributed by atoms with E-state index in [1.807, 2.05) is 52.8 Å². The molecule has 0 unspecified atom stereocenters. The van der Waals surface area contributed by atoms with Crippen LogP contribution in [0, 0.1) is 13.8 Å². The second-order valence-corrected chi connectivity index (χ2v) is 11.0. The van der Waals surface area contributed by atoms with Crippen molar-refractivity contribution in [1.29, 1.82) is 0 Å². The largest absolute Gasteiger partial charge is 0.497 e. The molecule has 9 heteroatoms. The first-order valence-electron chi connectivity index (χ1n) is 12.2. The van der Waals surface area contributed by atoms with Crippen molar-refractivity contribution in [3.63, 3.8) is 0 Å². The Hall–Kier alpha value is -3.07. The van der Waals surface area contributed by atoms with Crippen molar-refractivity contribution in [3.05, 3.63) is 59.2 Å². The van der Waals surface area contributed by atoms with Crippen LogP contribution in [0.4, 0.5) is 5.69 Å². The van der Waals surface area contributed by atoms with E-state index in [1.54, 1.807) is 31.4 Å². The van der Waals surface area contributed by atoms with Gasteiger partial charge in [0.15, 0.2) is 0 Å². The maximum Gasteiger partial charge on any atom is 0.244 e. The summed E-state index contributed by atoms with van der Waals surface area (Å²) in [6.45, 7) is 9.19. The van der Waals surface area contributed by atoms with Crippen LogP contribution in [-0.4, -0.2) is 57.1 Å². The van der Waals surface area contributed by atoms with Crippen LogP contribution < -0.4 is 14.4 Å². The number of aryl methyl sites for hydroxylation is 1. The molecule has 0 aliphatic heterocycles. The van der Waals surface area contributed by atoms with Crippen LogP contribution in [0.25, 0.3) is 0 Å². The number of carbonyl (C=O) groups is 2. The minimum atomic E-state index is -3.77. The molecule has 0 aromatic heterocycles. The molecule has 0 saturated carbocycles. The van der Waals surface area contributed by atoms with Crippen LogP contribution in [0.15, 0.2) is 42.5 Å². The molecule has 2 aromatic rings. The molecule has 0 aliphatic carbocycles. The Morgan fingerprint density at radius 2 is 1.67 bits per heavy atom. The molecule has 2 aromatic carbocycles. The predicted octanol–water partition coefficient (Wildman–Crippen LogP) is 3.80. The molecule has 0 fully saturated rings. The second kappa shape index (κ2) is 12.8. The number of rotatable bonds is 12. The standard InChI is InChI=1S/C27H39N3O5S/c1-8-20(4)28-27(32)24(9-2)29(17-22-13-15-23(35-6)16-14-22)26(31)18-30(36(7,33)34)25-12-10-11-19(3)21(25)5/h10-16,20,24H,8-9,17-18H2,1-7H3,(H,28,32)/t20-,24-/m0/s1. The quantitative estimate of drug-likeness (QED) is 0.462. The Morgan fingerprint density at radius 1 is 1.03 bits per heavy atom. The van der Waals surface area contributed by atoms with Crippen LogP contribution >= 0.6 is 0 Å². The smallest absolute Gasteiger partial charge is 0.244 e. The molecular formula is C27H39N3O5S. The molecule has 0 radical (unpaired) electrons. The summed E-state index contributed by atoms with van der Waals surface area (Å²) in [4.78, 5) is 28.4. The van der Waals surface area contributed by atoms with Crippen molar-refractivity contribution in [2.24, 2.45) is 0 Å². The maximum atomic E-state index is 13.8. The van der Waals surface area contributed by atoms with E-state index < -0.39 is 28.5 Å². The molecule has 0 saturated heterocycles. The average molecular weight is 518 g/mol. The molecule has 2 rings (SSSR count). The number of hydrogen-bond donors (Lipinski definition) is 1. The van der Waals surface area contributed by atoms with E-state index in [9.17, 15) is 18.0 Å². The summed E-state index contributed by atoms with van der Waals surface area (Å²) in [6, 6.07) is 11.8. The lowest BCUT2D eigenvalue weighted by molar-refractivity contribution is -0.140. The van der Waals surface area contributed by atoms with Gasteiger partial charge in [-0.15, -0.1) is 0 Å². The molecule has 2 amide bonds. The number of amides is 2. The van der Waals surface area contributed by atoms with Crippen molar-refractivity contribution in [2.75, 3.05) is 24.2 Å². The molecule has 0 aliphatic rings. The zero-order valence-electron chi connectivity index (χ0n) is 22.4. The number of benzene rings is 2. The van der Waals surface area contributed by atoms with E-state index in [-0.39, 0.29) is 18.5 Å². The molecule has 0 spiro atoms. The average Bonchev–Trinajstić information content (AvgIpc) is 2.83. The van der Waals surface area contributed by atoms with Gasteiger partial charge in [0.1, 0.15) is 18.3 Å². The third kappa shape index (κ3) is 7.46. The lowest BCUT2D eigenvalue weighted by atomic mass is 10.1. The molecule has 2 atom stereocenters. The van der Waals surface area contributed by atoms with E-state index in [0.29, 0.717) is 17.9 Å². The fraction of sp³-hybridized carbons (Fsp3) is 0.481. The first-order chi connectivity index (χ1) is 16.9. The summed E-state index contributed by atoms with van der Waals surface area (Å²) in [7, 11) is -2.20. The van der Waals surface area contributed by atoms with Crippen LogP contribution in [0.2, 0.25) is 0 Å². The Morgan fingerprint density at radius 3 is 2.19 bits per heavy atom. The first-order valence-corrected chi connectivity index (χ1v) is 14.0. The van der Waals surface area contributed by atoms with Gasteiger partial charge in [0.25, 0.3) is 0 Å². The Kier molecular flexibility index (Phi) is 10.3. The zero-order valence-corrected chi connectivity index (χ0v) is 23.2. The zero-order chi connectivity index (χ0) is 27.0. The fourth-order valence-electron chi connectivity index (χ4n) is 3.89. The van der Waals surface area contributed by atoms with Gasteiger partial charge in [0, 0.05) is 12.6 Å². The van der Waals surface area contributed by atoms with E-state index >= 15 is 0 Å². The van der Waals surface area contributed by atoms with E-state index in [4.69, 9.17) is 4.74 Å². The molecule has 8 nitrogen and oxygen atoms in total.